The number of thiophene rings is 1. The second kappa shape index (κ2) is 4.06. The van der Waals surface area contributed by atoms with Crippen molar-refractivity contribution in [3.63, 3.8) is 0 Å². The lowest BCUT2D eigenvalue weighted by atomic mass is 10.2. The third-order valence-corrected chi connectivity index (χ3v) is 4.50. The molecule has 1 aromatic heterocycles. The van der Waals surface area contributed by atoms with E-state index in [4.69, 9.17) is 0 Å². The Hall–Kier alpha value is -1.09. The first-order valence-corrected chi connectivity index (χ1v) is 6.70. The van der Waals surface area contributed by atoms with Gasteiger partial charge < -0.3 is 5.32 Å². The van der Waals surface area contributed by atoms with Crippen molar-refractivity contribution in [1.29, 1.82) is 0 Å². The van der Waals surface area contributed by atoms with Crippen LogP contribution < -0.4 is 5.32 Å². The molecule has 3 heteroatoms. The molecule has 1 N–H and O–H groups in total. The summed E-state index contributed by atoms with van der Waals surface area (Å²) < 4.78 is 0. The Bertz CT molecular complexity index is 437. The van der Waals surface area contributed by atoms with Crippen molar-refractivity contribution >= 4 is 17.1 Å². The van der Waals surface area contributed by atoms with Gasteiger partial charge in [-0.15, -0.1) is 11.3 Å². The monoisotopic (exact) mass is 233 g/mol. The Labute approximate surface area is 99.4 Å². The van der Waals surface area contributed by atoms with E-state index in [-0.39, 0.29) is 5.78 Å². The second-order valence-corrected chi connectivity index (χ2v) is 5.73. The maximum absolute atomic E-state index is 11.1. The number of hydrogen-bond donors (Lipinski definition) is 1. The molecule has 0 amide bonds. The molecule has 2 aliphatic carbocycles. The fourth-order valence-electron chi connectivity index (χ4n) is 2.41. The molecule has 1 heterocycles. The summed E-state index contributed by atoms with van der Waals surface area (Å²) in [5.74, 6) is 0.260. The molecule has 2 nitrogen and oxygen atoms in total. The van der Waals surface area contributed by atoms with E-state index in [1.807, 2.05) is 11.3 Å². The molecule has 0 saturated heterocycles. The Morgan fingerprint density at radius 3 is 2.94 bits per heavy atom. The summed E-state index contributed by atoms with van der Waals surface area (Å²) in [4.78, 5) is 14.0. The van der Waals surface area contributed by atoms with Crippen LogP contribution in [0.5, 0.6) is 0 Å². The number of carbonyl (C=O) groups excluding carboxylic acids is 1. The number of hydrogen-bond acceptors (Lipinski definition) is 3. The largest absolute Gasteiger partial charge is 0.383 e. The number of fused-ring (bicyclic) bond motifs is 1. The minimum Gasteiger partial charge on any atom is -0.383 e. The van der Waals surface area contributed by atoms with Gasteiger partial charge in [0.1, 0.15) is 0 Å². The molecule has 84 valence electrons. The van der Waals surface area contributed by atoms with Crippen LogP contribution in [0, 0.1) is 0 Å². The van der Waals surface area contributed by atoms with Crippen LogP contribution in [0.3, 0.4) is 0 Å². The lowest BCUT2D eigenvalue weighted by Crippen LogP contribution is -2.09. The first kappa shape index (κ1) is 10.1. The van der Waals surface area contributed by atoms with E-state index >= 15 is 0 Å². The highest BCUT2D eigenvalue weighted by Gasteiger charge is 2.15. The van der Waals surface area contributed by atoms with Crippen LogP contribution in [0.15, 0.2) is 17.8 Å². The van der Waals surface area contributed by atoms with Crippen molar-refractivity contribution < 1.29 is 4.79 Å². The van der Waals surface area contributed by atoms with E-state index < -0.39 is 0 Å². The number of carbonyl (C=O) groups is 1. The van der Waals surface area contributed by atoms with Crippen LogP contribution in [0.2, 0.25) is 0 Å². The zero-order chi connectivity index (χ0) is 11.0. The maximum Gasteiger partial charge on any atom is 0.157 e. The van der Waals surface area contributed by atoms with Gasteiger partial charge in [0.05, 0.1) is 0 Å². The fraction of sp³-hybridized carbons (Fsp3) is 0.462. The molecule has 3 rings (SSSR count). The van der Waals surface area contributed by atoms with Gasteiger partial charge in [0.25, 0.3) is 0 Å². The number of ketones is 1. The molecule has 0 saturated carbocycles. The van der Waals surface area contributed by atoms with Gasteiger partial charge in [-0.05, 0) is 37.3 Å². The molecular weight excluding hydrogens is 218 g/mol. The number of rotatable bonds is 3. The number of allylic oxidation sites excluding steroid dienone is 2. The summed E-state index contributed by atoms with van der Waals surface area (Å²) in [5, 5.41) is 3.37. The van der Waals surface area contributed by atoms with Crippen molar-refractivity contribution in [1.82, 2.24) is 5.32 Å². The topological polar surface area (TPSA) is 29.1 Å². The van der Waals surface area contributed by atoms with Gasteiger partial charge in [0, 0.05) is 34.5 Å². The molecule has 2 aliphatic rings. The van der Waals surface area contributed by atoms with E-state index in [2.05, 4.69) is 11.4 Å². The minimum atomic E-state index is 0.260. The third-order valence-electron chi connectivity index (χ3n) is 3.26. The molecule has 16 heavy (non-hydrogen) atoms. The van der Waals surface area contributed by atoms with Gasteiger partial charge in [-0.3, -0.25) is 4.79 Å². The predicted octanol–water partition coefficient (Wildman–Crippen LogP) is 2.57. The average molecular weight is 233 g/mol. The number of nitrogens with one attached hydrogen (secondary N) is 1. The summed E-state index contributed by atoms with van der Waals surface area (Å²) in [7, 11) is 0. The summed E-state index contributed by atoms with van der Waals surface area (Å²) in [6.07, 6.45) is 7.18. The maximum atomic E-state index is 11.1. The molecule has 1 aromatic rings. The molecule has 0 aromatic carbocycles. The van der Waals surface area contributed by atoms with Crippen LogP contribution in [0.4, 0.5) is 0 Å². The minimum absolute atomic E-state index is 0.260. The van der Waals surface area contributed by atoms with E-state index in [0.29, 0.717) is 6.42 Å². The van der Waals surface area contributed by atoms with E-state index in [1.165, 1.54) is 24.1 Å². The first-order chi connectivity index (χ1) is 7.81. The molecule has 0 spiro atoms. The summed E-state index contributed by atoms with van der Waals surface area (Å²) in [6, 6.07) is 2.33. The zero-order valence-electron chi connectivity index (χ0n) is 9.21. The van der Waals surface area contributed by atoms with Crippen molar-refractivity contribution in [2.75, 3.05) is 0 Å². The van der Waals surface area contributed by atoms with Crippen molar-refractivity contribution in [3.8, 4) is 0 Å². The fourth-order valence-corrected chi connectivity index (χ4v) is 3.61. The summed E-state index contributed by atoms with van der Waals surface area (Å²) in [6.45, 7) is 0.886. The Morgan fingerprint density at radius 2 is 2.19 bits per heavy atom. The van der Waals surface area contributed by atoms with Crippen LogP contribution in [-0.4, -0.2) is 5.78 Å². The highest BCUT2D eigenvalue weighted by atomic mass is 32.1. The summed E-state index contributed by atoms with van der Waals surface area (Å²) in [5.41, 5.74) is 2.66. The number of aryl methyl sites for hydroxylation is 2. The zero-order valence-corrected chi connectivity index (χ0v) is 10.0. The molecular formula is C13H15NOS. The van der Waals surface area contributed by atoms with Crippen LogP contribution >= 0.6 is 11.3 Å². The van der Waals surface area contributed by atoms with E-state index in [0.717, 1.165) is 18.7 Å². The van der Waals surface area contributed by atoms with Crippen molar-refractivity contribution in [3.05, 3.63) is 33.2 Å². The van der Waals surface area contributed by atoms with Gasteiger partial charge in [-0.25, -0.2) is 0 Å². The molecule has 0 bridgehead atoms. The Morgan fingerprint density at radius 1 is 1.25 bits per heavy atom. The smallest absolute Gasteiger partial charge is 0.157 e. The van der Waals surface area contributed by atoms with Gasteiger partial charge >= 0.3 is 0 Å². The molecule has 0 fully saturated rings. The lowest BCUT2D eigenvalue weighted by Gasteiger charge is -2.04. The molecule has 0 unspecified atom stereocenters. The summed E-state index contributed by atoms with van der Waals surface area (Å²) >= 11 is 1.93. The van der Waals surface area contributed by atoms with Gasteiger partial charge in [-0.2, -0.15) is 0 Å². The highest BCUT2D eigenvalue weighted by Crippen LogP contribution is 2.30. The molecule has 0 atom stereocenters. The SMILES string of the molecule is O=C1C=C(NCc2cc3c(s2)CCC3)CC1. The lowest BCUT2D eigenvalue weighted by molar-refractivity contribution is -0.114. The van der Waals surface area contributed by atoms with Gasteiger partial charge in [-0.1, -0.05) is 0 Å². The van der Waals surface area contributed by atoms with Gasteiger partial charge in [0.2, 0.25) is 0 Å². The average Bonchev–Trinajstić information content (AvgIpc) is 2.89. The van der Waals surface area contributed by atoms with Crippen molar-refractivity contribution in [2.24, 2.45) is 0 Å². The van der Waals surface area contributed by atoms with Crippen molar-refractivity contribution in [2.45, 2.75) is 38.6 Å². The van der Waals surface area contributed by atoms with E-state index in [9.17, 15) is 4.79 Å². The third kappa shape index (κ3) is 1.92. The van der Waals surface area contributed by atoms with E-state index in [1.54, 1.807) is 16.5 Å². The normalized spacial score (nSPS) is 18.8. The Kier molecular flexibility index (Phi) is 2.56. The van der Waals surface area contributed by atoms with Gasteiger partial charge in [0.15, 0.2) is 5.78 Å². The van der Waals surface area contributed by atoms with Crippen LogP contribution in [0.25, 0.3) is 0 Å². The molecule has 0 aliphatic heterocycles. The standard InChI is InChI=1S/C13H15NOS/c15-11-5-4-10(7-11)14-8-12-6-9-2-1-3-13(9)16-12/h6-7,14H,1-5,8H2. The predicted molar refractivity (Wildman–Crippen MR) is 65.5 cm³/mol. The highest BCUT2D eigenvalue weighted by molar-refractivity contribution is 7.12. The van der Waals surface area contributed by atoms with Crippen LogP contribution in [0.1, 0.15) is 34.6 Å². The quantitative estimate of drug-likeness (QED) is 0.869. The second-order valence-electron chi connectivity index (χ2n) is 4.50. The first-order valence-electron chi connectivity index (χ1n) is 5.89. The van der Waals surface area contributed by atoms with Crippen LogP contribution in [-0.2, 0) is 24.2 Å². The molecule has 0 radical (unpaired) electrons. The Balaban J connectivity index is 1.62.